The molecule has 0 aliphatic rings. The van der Waals surface area contributed by atoms with Crippen molar-refractivity contribution in [3.05, 3.63) is 70.3 Å². The first-order valence-corrected chi connectivity index (χ1v) is 7.50. The molecule has 0 saturated carbocycles. The Morgan fingerprint density at radius 3 is 1.88 bits per heavy atom. The minimum atomic E-state index is -0.556. The van der Waals surface area contributed by atoms with Gasteiger partial charge in [-0.1, -0.05) is 23.2 Å². The van der Waals surface area contributed by atoms with E-state index in [2.05, 4.69) is 9.97 Å². The fourth-order valence-electron chi connectivity index (χ4n) is 2.15. The molecular weight excluding hydrogens is 357 g/mol. The maximum Gasteiger partial charge on any atom is 0.221 e. The fraction of sp³-hybridized carbons (Fsp3) is 0. The van der Waals surface area contributed by atoms with Gasteiger partial charge >= 0.3 is 0 Å². The number of aromatic nitrogens is 2. The van der Waals surface area contributed by atoms with Crippen molar-refractivity contribution in [3.63, 3.8) is 0 Å². The van der Waals surface area contributed by atoms with Crippen LogP contribution in [0.25, 0.3) is 0 Å². The molecule has 0 atom stereocenters. The zero-order valence-corrected chi connectivity index (χ0v) is 13.6. The summed E-state index contributed by atoms with van der Waals surface area (Å²) in [5.41, 5.74) is 6.64. The molecule has 4 nitrogen and oxygen atoms in total. The summed E-state index contributed by atoms with van der Waals surface area (Å²) >= 11 is 11.8. The van der Waals surface area contributed by atoms with E-state index in [0.29, 0.717) is 17.2 Å². The van der Waals surface area contributed by atoms with Gasteiger partial charge in [0.05, 0.1) is 10.0 Å². The molecular formula is C16H10Cl2F2N4. The second kappa shape index (κ2) is 6.59. The molecule has 0 amide bonds. The normalized spacial score (nSPS) is 10.7. The van der Waals surface area contributed by atoms with Crippen LogP contribution in [-0.4, -0.2) is 9.97 Å². The quantitative estimate of drug-likeness (QED) is 0.699. The lowest BCUT2D eigenvalue weighted by Crippen LogP contribution is -2.13. The Bertz CT molecular complexity index is 853. The van der Waals surface area contributed by atoms with E-state index < -0.39 is 11.6 Å². The van der Waals surface area contributed by atoms with E-state index in [1.54, 1.807) is 11.0 Å². The highest BCUT2D eigenvalue weighted by Crippen LogP contribution is 2.36. The summed E-state index contributed by atoms with van der Waals surface area (Å²) in [6, 6.07) is 9.91. The van der Waals surface area contributed by atoms with Gasteiger partial charge in [0, 0.05) is 17.6 Å². The van der Waals surface area contributed by atoms with Gasteiger partial charge < -0.3 is 5.73 Å². The third-order valence-corrected chi connectivity index (χ3v) is 3.79. The number of benzene rings is 2. The predicted molar refractivity (Wildman–Crippen MR) is 91.1 cm³/mol. The lowest BCUT2D eigenvalue weighted by Gasteiger charge is -2.24. The molecule has 24 heavy (non-hydrogen) atoms. The molecule has 0 aliphatic heterocycles. The van der Waals surface area contributed by atoms with Crippen molar-refractivity contribution in [2.24, 2.45) is 0 Å². The fourth-order valence-corrected chi connectivity index (χ4v) is 2.50. The number of hydrogen-bond acceptors (Lipinski definition) is 4. The van der Waals surface area contributed by atoms with Gasteiger partial charge in [-0.05, 0) is 42.5 Å². The van der Waals surface area contributed by atoms with Crippen LogP contribution in [0.15, 0.2) is 48.7 Å². The summed E-state index contributed by atoms with van der Waals surface area (Å²) in [5.74, 6) is -0.661. The molecule has 0 radical (unpaired) electrons. The maximum absolute atomic E-state index is 13.5. The van der Waals surface area contributed by atoms with Crippen LogP contribution >= 0.6 is 23.2 Å². The van der Waals surface area contributed by atoms with Crippen LogP contribution < -0.4 is 10.6 Å². The van der Waals surface area contributed by atoms with Gasteiger partial charge in [0.25, 0.3) is 0 Å². The van der Waals surface area contributed by atoms with Crippen molar-refractivity contribution in [2.45, 2.75) is 0 Å². The second-order valence-electron chi connectivity index (χ2n) is 4.81. The van der Waals surface area contributed by atoms with E-state index in [9.17, 15) is 8.78 Å². The molecule has 0 unspecified atom stereocenters. The van der Waals surface area contributed by atoms with Gasteiger partial charge in [-0.15, -0.1) is 0 Å². The molecule has 2 aromatic carbocycles. The summed E-state index contributed by atoms with van der Waals surface area (Å²) < 4.78 is 27.0. The molecule has 2 N–H and O–H groups in total. The molecule has 0 aliphatic carbocycles. The number of nitrogens with zero attached hydrogens (tertiary/aromatic N) is 3. The Morgan fingerprint density at radius 2 is 1.42 bits per heavy atom. The van der Waals surface area contributed by atoms with Gasteiger partial charge in [0.15, 0.2) is 0 Å². The summed E-state index contributed by atoms with van der Waals surface area (Å²) in [5, 5.41) is -0.125. The average molecular weight is 367 g/mol. The Hall–Kier alpha value is -2.44. The molecule has 8 heteroatoms. The monoisotopic (exact) mass is 366 g/mol. The number of hydrogen-bond donors (Lipinski definition) is 1. The van der Waals surface area contributed by atoms with E-state index in [1.807, 2.05) is 0 Å². The van der Waals surface area contributed by atoms with Crippen LogP contribution in [0.2, 0.25) is 10.0 Å². The van der Waals surface area contributed by atoms with E-state index in [-0.39, 0.29) is 16.0 Å². The Morgan fingerprint density at radius 1 is 0.875 bits per heavy atom. The van der Waals surface area contributed by atoms with Crippen LogP contribution in [0.5, 0.6) is 0 Å². The molecule has 1 heterocycles. The highest BCUT2D eigenvalue weighted by Gasteiger charge is 2.17. The molecule has 0 saturated heterocycles. The predicted octanol–water partition coefficient (Wildman–Crippen LogP) is 5.11. The van der Waals surface area contributed by atoms with Crippen LogP contribution in [0.4, 0.5) is 31.9 Å². The minimum absolute atomic E-state index is 0.0546. The summed E-state index contributed by atoms with van der Waals surface area (Å²) in [4.78, 5) is 9.60. The first-order valence-electron chi connectivity index (χ1n) is 6.74. The minimum Gasteiger partial charge on any atom is -0.368 e. The maximum atomic E-state index is 13.5. The van der Waals surface area contributed by atoms with Crippen LogP contribution in [0.3, 0.4) is 0 Å². The number of anilines is 4. The first kappa shape index (κ1) is 16.4. The zero-order chi connectivity index (χ0) is 17.3. The molecule has 0 fully saturated rings. The van der Waals surface area contributed by atoms with Gasteiger partial charge in [-0.3, -0.25) is 4.90 Å². The van der Waals surface area contributed by atoms with Crippen molar-refractivity contribution in [1.82, 2.24) is 9.97 Å². The molecule has 3 rings (SSSR count). The van der Waals surface area contributed by atoms with Crippen molar-refractivity contribution in [2.75, 3.05) is 10.6 Å². The highest BCUT2D eigenvalue weighted by molar-refractivity contribution is 6.31. The SMILES string of the molecule is Nc1nccc(N(c2ccc(F)c(Cl)c2)c2ccc(F)c(Cl)c2)n1. The third kappa shape index (κ3) is 3.25. The number of nitrogen functional groups attached to an aromatic ring is 1. The topological polar surface area (TPSA) is 55.0 Å². The standard InChI is InChI=1S/C16H10Cl2F2N4/c17-11-7-9(1-3-13(11)19)24(15-5-6-22-16(21)23-15)10-2-4-14(20)12(18)8-10/h1-8H,(H2,21,22,23). The van der Waals surface area contributed by atoms with Crippen LogP contribution in [-0.2, 0) is 0 Å². The van der Waals surface area contributed by atoms with Crippen molar-refractivity contribution < 1.29 is 8.78 Å². The number of nitrogens with two attached hydrogens (primary N) is 1. The molecule has 0 spiro atoms. The Kier molecular flexibility index (Phi) is 4.51. The summed E-state index contributed by atoms with van der Waals surface area (Å²) in [6.07, 6.45) is 1.47. The molecule has 0 bridgehead atoms. The van der Waals surface area contributed by atoms with Crippen molar-refractivity contribution in [1.29, 1.82) is 0 Å². The van der Waals surface area contributed by atoms with Crippen molar-refractivity contribution in [3.8, 4) is 0 Å². The molecule has 122 valence electrons. The highest BCUT2D eigenvalue weighted by atomic mass is 35.5. The zero-order valence-electron chi connectivity index (χ0n) is 12.0. The number of halogens is 4. The summed E-state index contributed by atoms with van der Waals surface area (Å²) in [6.45, 7) is 0. The Balaban J connectivity index is 2.20. The second-order valence-corrected chi connectivity index (χ2v) is 5.62. The van der Waals surface area contributed by atoms with E-state index in [4.69, 9.17) is 28.9 Å². The van der Waals surface area contributed by atoms with E-state index >= 15 is 0 Å². The lowest BCUT2D eigenvalue weighted by molar-refractivity contribution is 0.628. The Labute approximate surface area is 146 Å². The molecule has 3 aromatic rings. The average Bonchev–Trinajstić information content (AvgIpc) is 2.54. The molecule has 1 aromatic heterocycles. The largest absolute Gasteiger partial charge is 0.368 e. The smallest absolute Gasteiger partial charge is 0.221 e. The number of rotatable bonds is 3. The third-order valence-electron chi connectivity index (χ3n) is 3.21. The van der Waals surface area contributed by atoms with Gasteiger partial charge in [-0.2, -0.15) is 4.98 Å². The first-order chi connectivity index (χ1) is 11.5. The van der Waals surface area contributed by atoms with Gasteiger partial charge in [0.1, 0.15) is 17.5 Å². The van der Waals surface area contributed by atoms with Gasteiger partial charge in [-0.25, -0.2) is 13.8 Å². The van der Waals surface area contributed by atoms with E-state index in [1.165, 1.54) is 42.6 Å². The van der Waals surface area contributed by atoms with Crippen LogP contribution in [0.1, 0.15) is 0 Å². The summed E-state index contributed by atoms with van der Waals surface area (Å²) in [7, 11) is 0. The van der Waals surface area contributed by atoms with Crippen molar-refractivity contribution >= 4 is 46.3 Å². The van der Waals surface area contributed by atoms with Gasteiger partial charge in [0.2, 0.25) is 5.95 Å². The van der Waals surface area contributed by atoms with E-state index in [0.717, 1.165) is 0 Å². The lowest BCUT2D eigenvalue weighted by atomic mass is 10.2. The van der Waals surface area contributed by atoms with Crippen LogP contribution in [0, 0.1) is 11.6 Å².